The normalized spacial score (nSPS) is 30.6. The zero-order valence-electron chi connectivity index (χ0n) is 11.5. The van der Waals surface area contributed by atoms with E-state index in [1.54, 1.807) is 0 Å². The fourth-order valence-electron chi connectivity index (χ4n) is 3.89. The Labute approximate surface area is 119 Å². The summed E-state index contributed by atoms with van der Waals surface area (Å²) < 4.78 is 0. The Morgan fingerprint density at radius 1 is 1.32 bits per heavy atom. The van der Waals surface area contributed by atoms with Crippen molar-refractivity contribution in [1.29, 1.82) is 0 Å². The van der Waals surface area contributed by atoms with Gasteiger partial charge in [-0.3, -0.25) is 0 Å². The highest BCUT2D eigenvalue weighted by Crippen LogP contribution is 2.49. The fraction of sp³-hybridized carbons (Fsp3) is 0.714. The van der Waals surface area contributed by atoms with Crippen LogP contribution in [0.3, 0.4) is 0 Å². The molecule has 1 aromatic heterocycles. The number of nitrogens with zero attached hydrogens (tertiary/aromatic N) is 2. The van der Waals surface area contributed by atoms with Gasteiger partial charge in [-0.2, -0.15) is 4.98 Å². The molecule has 4 unspecified atom stereocenters. The number of anilines is 2. The molecule has 104 valence electrons. The van der Waals surface area contributed by atoms with Gasteiger partial charge in [-0.1, -0.05) is 6.42 Å². The Balaban J connectivity index is 1.74. The van der Waals surface area contributed by atoms with Crippen LogP contribution in [0.5, 0.6) is 0 Å². The van der Waals surface area contributed by atoms with Crippen LogP contribution in [-0.4, -0.2) is 16.0 Å². The van der Waals surface area contributed by atoms with E-state index in [0.717, 1.165) is 23.4 Å². The molecule has 0 aliphatic heterocycles. The minimum absolute atomic E-state index is 0.259. The van der Waals surface area contributed by atoms with Crippen LogP contribution in [0.1, 0.15) is 38.3 Å². The lowest BCUT2D eigenvalue weighted by atomic mass is 9.84. The maximum atomic E-state index is 6.03. The highest BCUT2D eigenvalue weighted by molar-refractivity contribution is 6.28. The van der Waals surface area contributed by atoms with Gasteiger partial charge in [0.1, 0.15) is 0 Å². The minimum Gasteiger partial charge on any atom is -0.394 e. The predicted octanol–water partition coefficient (Wildman–Crippen LogP) is 3.26. The molecule has 4 nitrogen and oxygen atoms in total. The summed E-state index contributed by atoms with van der Waals surface area (Å²) in [6.07, 6.45) is 5.57. The average Bonchev–Trinajstić information content (AvgIpc) is 2.97. The molecule has 19 heavy (non-hydrogen) atoms. The van der Waals surface area contributed by atoms with Gasteiger partial charge in [0.25, 0.3) is 0 Å². The summed E-state index contributed by atoms with van der Waals surface area (Å²) in [6, 6.07) is 0.392. The third kappa shape index (κ3) is 2.38. The van der Waals surface area contributed by atoms with Crippen molar-refractivity contribution in [3.05, 3.63) is 11.0 Å². The number of hydrogen-bond donors (Lipinski definition) is 2. The fourth-order valence-corrected chi connectivity index (χ4v) is 4.10. The first-order valence-electron chi connectivity index (χ1n) is 7.10. The molecule has 0 saturated heterocycles. The molecule has 3 rings (SSSR count). The van der Waals surface area contributed by atoms with Crippen LogP contribution in [0, 0.1) is 24.7 Å². The molecule has 2 bridgehead atoms. The summed E-state index contributed by atoms with van der Waals surface area (Å²) in [5.74, 6) is 3.26. The number of halogens is 1. The van der Waals surface area contributed by atoms with E-state index in [0.29, 0.717) is 17.5 Å². The van der Waals surface area contributed by atoms with Gasteiger partial charge in [0.2, 0.25) is 5.28 Å². The van der Waals surface area contributed by atoms with Crippen LogP contribution < -0.4 is 11.1 Å². The van der Waals surface area contributed by atoms with Crippen molar-refractivity contribution in [3.63, 3.8) is 0 Å². The first kappa shape index (κ1) is 13.0. The van der Waals surface area contributed by atoms with Crippen molar-refractivity contribution in [2.75, 3.05) is 11.1 Å². The van der Waals surface area contributed by atoms with Crippen molar-refractivity contribution < 1.29 is 0 Å². The molecule has 0 radical (unpaired) electrons. The molecule has 2 aliphatic rings. The molecule has 0 aromatic carbocycles. The molecule has 2 aliphatic carbocycles. The van der Waals surface area contributed by atoms with Crippen LogP contribution in [0.25, 0.3) is 0 Å². The van der Waals surface area contributed by atoms with Gasteiger partial charge in [-0.25, -0.2) is 4.98 Å². The lowest BCUT2D eigenvalue weighted by molar-refractivity contribution is 0.304. The smallest absolute Gasteiger partial charge is 0.224 e. The second-order valence-electron chi connectivity index (χ2n) is 6.11. The Morgan fingerprint density at radius 3 is 2.74 bits per heavy atom. The van der Waals surface area contributed by atoms with Crippen LogP contribution in [0.15, 0.2) is 0 Å². The standard InChI is InChI=1S/C14H21ClN4/c1-7(11-6-9-3-4-10(11)5-9)17-13-12(16)8(2)18-14(15)19-13/h7,9-11H,3-6,16H2,1-2H3,(H,17,18,19). The molecule has 2 saturated carbocycles. The number of fused-ring (bicyclic) bond motifs is 2. The molecular weight excluding hydrogens is 260 g/mol. The number of nitrogens with two attached hydrogens (primary N) is 1. The molecular formula is C14H21ClN4. The third-order valence-electron chi connectivity index (χ3n) is 4.91. The quantitative estimate of drug-likeness (QED) is 0.834. The summed E-state index contributed by atoms with van der Waals surface area (Å²) in [4.78, 5) is 8.29. The number of nitrogen functional groups attached to an aromatic ring is 1. The van der Waals surface area contributed by atoms with Crippen molar-refractivity contribution in [3.8, 4) is 0 Å². The number of aryl methyl sites for hydroxylation is 1. The number of aromatic nitrogens is 2. The molecule has 5 heteroatoms. The third-order valence-corrected chi connectivity index (χ3v) is 5.08. The van der Waals surface area contributed by atoms with Gasteiger partial charge in [-0.15, -0.1) is 0 Å². The first-order chi connectivity index (χ1) is 9.04. The molecule has 0 spiro atoms. The Morgan fingerprint density at radius 2 is 2.11 bits per heavy atom. The molecule has 1 aromatic rings. The zero-order chi connectivity index (χ0) is 13.6. The van der Waals surface area contributed by atoms with E-state index >= 15 is 0 Å². The number of rotatable bonds is 3. The highest BCUT2D eigenvalue weighted by Gasteiger charge is 2.41. The average molecular weight is 281 g/mol. The highest BCUT2D eigenvalue weighted by atomic mass is 35.5. The van der Waals surface area contributed by atoms with Gasteiger partial charge in [0, 0.05) is 6.04 Å². The molecule has 1 heterocycles. The predicted molar refractivity (Wildman–Crippen MR) is 78.2 cm³/mol. The summed E-state index contributed by atoms with van der Waals surface area (Å²) in [7, 11) is 0. The molecule has 0 amide bonds. The number of hydrogen-bond acceptors (Lipinski definition) is 4. The van der Waals surface area contributed by atoms with Crippen molar-refractivity contribution in [1.82, 2.24) is 9.97 Å². The van der Waals surface area contributed by atoms with Gasteiger partial charge in [-0.05, 0) is 62.5 Å². The minimum atomic E-state index is 0.259. The van der Waals surface area contributed by atoms with Crippen molar-refractivity contribution in [2.24, 2.45) is 17.8 Å². The van der Waals surface area contributed by atoms with E-state index in [2.05, 4.69) is 22.2 Å². The second kappa shape index (κ2) is 4.82. The summed E-state index contributed by atoms with van der Waals surface area (Å²) in [6.45, 7) is 4.09. The maximum absolute atomic E-state index is 6.03. The largest absolute Gasteiger partial charge is 0.394 e. The zero-order valence-corrected chi connectivity index (χ0v) is 12.2. The first-order valence-corrected chi connectivity index (χ1v) is 7.48. The van der Waals surface area contributed by atoms with Crippen LogP contribution in [-0.2, 0) is 0 Å². The topological polar surface area (TPSA) is 63.8 Å². The lowest BCUT2D eigenvalue weighted by Crippen LogP contribution is -2.30. The van der Waals surface area contributed by atoms with E-state index < -0.39 is 0 Å². The Bertz CT molecular complexity index is 491. The van der Waals surface area contributed by atoms with E-state index in [9.17, 15) is 0 Å². The molecule has 4 atom stereocenters. The Hall–Kier alpha value is -1.03. The van der Waals surface area contributed by atoms with Crippen molar-refractivity contribution in [2.45, 2.75) is 45.6 Å². The maximum Gasteiger partial charge on any atom is 0.224 e. The van der Waals surface area contributed by atoms with Crippen LogP contribution in [0.4, 0.5) is 11.5 Å². The second-order valence-corrected chi connectivity index (χ2v) is 6.45. The van der Waals surface area contributed by atoms with Crippen LogP contribution in [0.2, 0.25) is 5.28 Å². The SMILES string of the molecule is Cc1nc(Cl)nc(NC(C)C2CC3CCC2C3)c1N. The van der Waals surface area contributed by atoms with Gasteiger partial charge >= 0.3 is 0 Å². The van der Waals surface area contributed by atoms with Gasteiger partial charge in [0.15, 0.2) is 5.82 Å². The molecule has 2 fully saturated rings. The van der Waals surface area contributed by atoms with E-state index in [1.165, 1.54) is 25.7 Å². The van der Waals surface area contributed by atoms with E-state index in [-0.39, 0.29) is 5.28 Å². The van der Waals surface area contributed by atoms with Gasteiger partial charge < -0.3 is 11.1 Å². The lowest BCUT2D eigenvalue weighted by Gasteiger charge is -2.29. The monoisotopic (exact) mass is 280 g/mol. The summed E-state index contributed by atoms with van der Waals surface area (Å²) in [5.41, 5.74) is 7.38. The van der Waals surface area contributed by atoms with Crippen molar-refractivity contribution >= 4 is 23.1 Å². The number of nitrogens with one attached hydrogen (secondary N) is 1. The van der Waals surface area contributed by atoms with Gasteiger partial charge in [0.05, 0.1) is 11.4 Å². The van der Waals surface area contributed by atoms with E-state index in [1.807, 2.05) is 6.92 Å². The molecule has 3 N–H and O–H groups in total. The van der Waals surface area contributed by atoms with E-state index in [4.69, 9.17) is 17.3 Å². The van der Waals surface area contributed by atoms with Crippen LogP contribution >= 0.6 is 11.6 Å². The Kier molecular flexibility index (Phi) is 3.29. The summed E-state index contributed by atoms with van der Waals surface area (Å²) >= 11 is 5.91. The summed E-state index contributed by atoms with van der Waals surface area (Å²) in [5, 5.41) is 3.72.